The molecule has 0 saturated carbocycles. The quantitative estimate of drug-likeness (QED) is 0.857. The topological polar surface area (TPSA) is 79.8 Å². The number of benzene rings is 1. The Bertz CT molecular complexity index is 693. The number of amides is 2. The second-order valence-electron chi connectivity index (χ2n) is 5.81. The zero-order valence-corrected chi connectivity index (χ0v) is 14.4. The predicted octanol–water partition coefficient (Wildman–Crippen LogP) is 2.27. The molecular weight excluding hydrogens is 353 g/mol. The Morgan fingerprint density at radius 3 is 2.96 bits per heavy atom. The van der Waals surface area contributed by atoms with Crippen molar-refractivity contribution in [1.29, 1.82) is 0 Å². The van der Waals surface area contributed by atoms with Gasteiger partial charge in [0.05, 0.1) is 10.7 Å². The van der Waals surface area contributed by atoms with Gasteiger partial charge in [-0.15, -0.1) is 0 Å². The van der Waals surface area contributed by atoms with Crippen molar-refractivity contribution in [3.63, 3.8) is 0 Å². The summed E-state index contributed by atoms with van der Waals surface area (Å²) in [6, 6.07) is 4.54. The van der Waals surface area contributed by atoms with Crippen molar-refractivity contribution in [3.05, 3.63) is 33.8 Å². The van der Waals surface area contributed by atoms with Gasteiger partial charge < -0.3 is 15.5 Å². The van der Waals surface area contributed by atoms with Crippen LogP contribution >= 0.6 is 23.2 Å². The lowest BCUT2D eigenvalue weighted by atomic mass is 10.0. The van der Waals surface area contributed by atoms with Crippen LogP contribution in [0.1, 0.15) is 31.2 Å². The van der Waals surface area contributed by atoms with Gasteiger partial charge in [0.25, 0.3) is 5.91 Å². The molecule has 1 saturated heterocycles. The van der Waals surface area contributed by atoms with Crippen LogP contribution in [-0.4, -0.2) is 36.2 Å². The van der Waals surface area contributed by atoms with Gasteiger partial charge in [0.15, 0.2) is 0 Å². The monoisotopic (exact) mass is 369 g/mol. The number of nitrogens with zero attached hydrogens (tertiary/aromatic N) is 1. The second kappa shape index (κ2) is 7.40. The fourth-order valence-corrected chi connectivity index (χ4v) is 3.26. The molecule has 2 aliphatic rings. The largest absolute Gasteiger partial charge is 0.382 e. The number of hydrogen-bond acceptors (Lipinski definition) is 4. The minimum absolute atomic E-state index is 0.152. The molecule has 0 bridgehead atoms. The second-order valence-corrected chi connectivity index (χ2v) is 6.65. The molecule has 0 aromatic heterocycles. The number of halogens is 2. The molecule has 1 aromatic carbocycles. The lowest BCUT2D eigenvalue weighted by Crippen LogP contribution is -2.48. The Morgan fingerprint density at radius 1 is 1.33 bits per heavy atom. The SMILES string of the molecule is O=C1NCCCC[C@H]1NC(=O)[C@H]1CC(c2ccc(Cl)cc2Cl)=NO1. The number of hydrogen-bond donors (Lipinski definition) is 2. The first-order chi connectivity index (χ1) is 11.5. The van der Waals surface area contributed by atoms with Crippen LogP contribution in [0.25, 0.3) is 0 Å². The van der Waals surface area contributed by atoms with Crippen LogP contribution in [0.15, 0.2) is 23.4 Å². The first-order valence-corrected chi connectivity index (χ1v) is 8.56. The molecule has 0 aliphatic carbocycles. The molecule has 2 heterocycles. The highest BCUT2D eigenvalue weighted by atomic mass is 35.5. The Morgan fingerprint density at radius 2 is 2.17 bits per heavy atom. The van der Waals surface area contributed by atoms with Crippen LogP contribution < -0.4 is 10.6 Å². The molecule has 0 spiro atoms. The van der Waals surface area contributed by atoms with E-state index < -0.39 is 12.1 Å². The van der Waals surface area contributed by atoms with Gasteiger partial charge in [-0.2, -0.15) is 0 Å². The molecular formula is C16H17Cl2N3O3. The zero-order valence-electron chi connectivity index (χ0n) is 12.9. The zero-order chi connectivity index (χ0) is 17.1. The summed E-state index contributed by atoms with van der Waals surface area (Å²) in [7, 11) is 0. The van der Waals surface area contributed by atoms with Crippen molar-refractivity contribution >= 4 is 40.7 Å². The van der Waals surface area contributed by atoms with Gasteiger partial charge in [-0.05, 0) is 31.4 Å². The van der Waals surface area contributed by atoms with E-state index in [-0.39, 0.29) is 11.8 Å². The molecule has 0 unspecified atom stereocenters. The van der Waals surface area contributed by atoms with Crippen LogP contribution in [0.2, 0.25) is 10.0 Å². The van der Waals surface area contributed by atoms with Crippen LogP contribution in [0, 0.1) is 0 Å². The smallest absolute Gasteiger partial charge is 0.264 e. The number of oxime groups is 1. The standard InChI is InChI=1S/C16H17Cl2N3O3/c17-9-4-5-10(11(18)7-9)13-8-14(24-21-13)16(23)20-12-3-1-2-6-19-15(12)22/h4-5,7,12,14H,1-3,6,8H2,(H,19,22)(H,20,23)/t12-,14-/m1/s1. The van der Waals surface area contributed by atoms with Crippen LogP contribution in [0.4, 0.5) is 0 Å². The normalized spacial score (nSPS) is 23.8. The lowest BCUT2D eigenvalue weighted by molar-refractivity contribution is -0.135. The van der Waals surface area contributed by atoms with Crippen molar-refractivity contribution in [1.82, 2.24) is 10.6 Å². The molecule has 2 atom stereocenters. The van der Waals surface area contributed by atoms with Crippen LogP contribution in [-0.2, 0) is 14.4 Å². The maximum absolute atomic E-state index is 12.3. The number of carbonyl (C=O) groups is 2. The van der Waals surface area contributed by atoms with E-state index in [1.807, 2.05) is 0 Å². The van der Waals surface area contributed by atoms with E-state index in [0.29, 0.717) is 40.7 Å². The molecule has 2 amide bonds. The van der Waals surface area contributed by atoms with Gasteiger partial charge >= 0.3 is 0 Å². The molecule has 6 nitrogen and oxygen atoms in total. The maximum Gasteiger partial charge on any atom is 0.264 e. The molecule has 8 heteroatoms. The summed E-state index contributed by atoms with van der Waals surface area (Å²) in [5.74, 6) is -0.498. The maximum atomic E-state index is 12.3. The summed E-state index contributed by atoms with van der Waals surface area (Å²) in [5, 5.41) is 10.5. The third kappa shape index (κ3) is 3.82. The average Bonchev–Trinajstić information content (AvgIpc) is 2.94. The summed E-state index contributed by atoms with van der Waals surface area (Å²) in [5.41, 5.74) is 1.27. The van der Waals surface area contributed by atoms with Crippen LogP contribution in [0.5, 0.6) is 0 Å². The summed E-state index contributed by atoms with van der Waals surface area (Å²) >= 11 is 12.0. The molecule has 1 fully saturated rings. The van der Waals surface area contributed by atoms with E-state index >= 15 is 0 Å². The van der Waals surface area contributed by atoms with E-state index in [0.717, 1.165) is 12.8 Å². The summed E-state index contributed by atoms with van der Waals surface area (Å²) in [6.07, 6.45) is 1.96. The highest BCUT2D eigenvalue weighted by Crippen LogP contribution is 2.26. The Balaban J connectivity index is 1.61. The minimum Gasteiger partial charge on any atom is -0.382 e. The van der Waals surface area contributed by atoms with E-state index in [1.54, 1.807) is 18.2 Å². The predicted molar refractivity (Wildman–Crippen MR) is 91.3 cm³/mol. The molecule has 128 valence electrons. The van der Waals surface area contributed by atoms with Crippen molar-refractivity contribution in [2.45, 2.75) is 37.8 Å². The van der Waals surface area contributed by atoms with E-state index in [4.69, 9.17) is 28.0 Å². The summed E-state index contributed by atoms with van der Waals surface area (Å²) in [6.45, 7) is 0.646. The fourth-order valence-electron chi connectivity index (χ4n) is 2.74. The average molecular weight is 370 g/mol. The number of rotatable bonds is 3. The molecule has 0 radical (unpaired) electrons. The van der Waals surface area contributed by atoms with E-state index in [2.05, 4.69) is 15.8 Å². The summed E-state index contributed by atoms with van der Waals surface area (Å²) in [4.78, 5) is 29.5. The number of nitrogens with one attached hydrogen (secondary N) is 2. The highest BCUT2D eigenvalue weighted by molar-refractivity contribution is 6.37. The Hall–Kier alpha value is -1.79. The van der Waals surface area contributed by atoms with Gasteiger partial charge in [0, 0.05) is 23.6 Å². The molecule has 2 aliphatic heterocycles. The molecule has 24 heavy (non-hydrogen) atoms. The first kappa shape index (κ1) is 17.0. The van der Waals surface area contributed by atoms with Gasteiger partial charge in [-0.3, -0.25) is 9.59 Å². The number of carbonyl (C=O) groups excluding carboxylic acids is 2. The fraction of sp³-hybridized carbons (Fsp3) is 0.438. The highest BCUT2D eigenvalue weighted by Gasteiger charge is 2.32. The third-order valence-corrected chi connectivity index (χ3v) is 4.60. The molecule has 1 aromatic rings. The van der Waals surface area contributed by atoms with Crippen molar-refractivity contribution in [2.24, 2.45) is 5.16 Å². The molecule has 2 N–H and O–H groups in total. The Labute approximate surface area is 149 Å². The van der Waals surface area contributed by atoms with Gasteiger partial charge in [0.1, 0.15) is 6.04 Å². The van der Waals surface area contributed by atoms with E-state index in [9.17, 15) is 9.59 Å². The summed E-state index contributed by atoms with van der Waals surface area (Å²) < 4.78 is 0. The van der Waals surface area contributed by atoms with E-state index in [1.165, 1.54) is 0 Å². The Kier molecular flexibility index (Phi) is 5.26. The van der Waals surface area contributed by atoms with Crippen molar-refractivity contribution in [3.8, 4) is 0 Å². The van der Waals surface area contributed by atoms with Crippen molar-refractivity contribution < 1.29 is 14.4 Å². The van der Waals surface area contributed by atoms with Crippen molar-refractivity contribution in [2.75, 3.05) is 6.54 Å². The van der Waals surface area contributed by atoms with Gasteiger partial charge in [-0.1, -0.05) is 34.4 Å². The molecule has 3 rings (SSSR count). The minimum atomic E-state index is -0.761. The lowest BCUT2D eigenvalue weighted by Gasteiger charge is -2.17. The van der Waals surface area contributed by atoms with Gasteiger partial charge in [0.2, 0.25) is 12.0 Å². The first-order valence-electron chi connectivity index (χ1n) is 7.81. The van der Waals surface area contributed by atoms with Crippen LogP contribution in [0.3, 0.4) is 0 Å². The van der Waals surface area contributed by atoms with Gasteiger partial charge in [-0.25, -0.2) is 0 Å². The third-order valence-electron chi connectivity index (χ3n) is 4.06.